The summed E-state index contributed by atoms with van der Waals surface area (Å²) >= 11 is 1.35. The van der Waals surface area contributed by atoms with Crippen molar-refractivity contribution in [3.05, 3.63) is 23.8 Å². The number of nitrogens with one attached hydrogen (secondary N) is 1. The van der Waals surface area contributed by atoms with E-state index in [9.17, 15) is 4.79 Å². The van der Waals surface area contributed by atoms with Gasteiger partial charge in [-0.3, -0.25) is 4.79 Å². The predicted octanol–water partition coefficient (Wildman–Crippen LogP) is 0.989. The number of benzene rings is 1. The van der Waals surface area contributed by atoms with Gasteiger partial charge in [0.1, 0.15) is 0 Å². The van der Waals surface area contributed by atoms with Crippen molar-refractivity contribution in [2.75, 3.05) is 12.3 Å². The topological polar surface area (TPSA) is 88.2 Å². The highest BCUT2D eigenvalue weighted by Crippen LogP contribution is 2.24. The van der Waals surface area contributed by atoms with Crippen LogP contribution >= 0.6 is 11.3 Å². The molecule has 1 aromatic heterocycles. The molecule has 5 nitrogen and oxygen atoms in total. The Morgan fingerprint density at radius 3 is 3.12 bits per heavy atom. The summed E-state index contributed by atoms with van der Waals surface area (Å²) in [6.07, 6.45) is -0.554. The number of hydrogen-bond donors (Lipinski definition) is 3. The molecule has 0 aliphatic carbocycles. The fraction of sp³-hybridized carbons (Fsp3) is 0.273. The van der Waals surface area contributed by atoms with Gasteiger partial charge in [-0.1, -0.05) is 11.3 Å². The summed E-state index contributed by atoms with van der Waals surface area (Å²) < 4.78 is 0.882. The van der Waals surface area contributed by atoms with Gasteiger partial charge < -0.3 is 16.2 Å². The minimum atomic E-state index is -0.554. The maximum atomic E-state index is 11.7. The first-order valence-electron chi connectivity index (χ1n) is 5.18. The third-order valence-electron chi connectivity index (χ3n) is 2.23. The van der Waals surface area contributed by atoms with Crippen molar-refractivity contribution < 1.29 is 9.90 Å². The number of nitrogens with zero attached hydrogens (tertiary/aromatic N) is 1. The summed E-state index contributed by atoms with van der Waals surface area (Å²) in [7, 11) is 0. The SMILES string of the molecule is CC(O)CNC(=O)c1ccc2nc(N)sc2c1. The zero-order chi connectivity index (χ0) is 12.4. The molecule has 17 heavy (non-hydrogen) atoms. The van der Waals surface area contributed by atoms with Crippen LogP contribution < -0.4 is 11.1 Å². The van der Waals surface area contributed by atoms with Gasteiger partial charge in [0.25, 0.3) is 5.91 Å². The molecule has 0 saturated carbocycles. The summed E-state index contributed by atoms with van der Waals surface area (Å²) in [4.78, 5) is 15.8. The molecule has 1 heterocycles. The third-order valence-corrected chi connectivity index (χ3v) is 3.07. The normalized spacial score (nSPS) is 12.6. The zero-order valence-corrected chi connectivity index (χ0v) is 10.1. The summed E-state index contributed by atoms with van der Waals surface area (Å²) in [6.45, 7) is 1.86. The minimum Gasteiger partial charge on any atom is -0.392 e. The first-order chi connectivity index (χ1) is 8.06. The van der Waals surface area contributed by atoms with Crippen molar-refractivity contribution in [1.82, 2.24) is 10.3 Å². The summed E-state index contributed by atoms with van der Waals surface area (Å²) in [5.74, 6) is -0.209. The number of carbonyl (C=O) groups excluding carboxylic acids is 1. The molecule has 2 rings (SSSR count). The predicted molar refractivity (Wildman–Crippen MR) is 68.0 cm³/mol. The lowest BCUT2D eigenvalue weighted by Crippen LogP contribution is -2.30. The van der Waals surface area contributed by atoms with Crippen LogP contribution in [0.15, 0.2) is 18.2 Å². The van der Waals surface area contributed by atoms with Crippen molar-refractivity contribution in [3.63, 3.8) is 0 Å². The molecular formula is C11H13N3O2S. The van der Waals surface area contributed by atoms with Crippen LogP contribution in [-0.2, 0) is 0 Å². The van der Waals surface area contributed by atoms with E-state index in [-0.39, 0.29) is 12.5 Å². The first-order valence-corrected chi connectivity index (χ1v) is 6.00. The van der Waals surface area contributed by atoms with Crippen molar-refractivity contribution in [1.29, 1.82) is 0 Å². The summed E-state index contributed by atoms with van der Waals surface area (Å²) in [5.41, 5.74) is 6.92. The number of aliphatic hydroxyl groups is 1. The van der Waals surface area contributed by atoms with E-state index in [1.807, 2.05) is 0 Å². The Labute approximate surface area is 102 Å². The van der Waals surface area contributed by atoms with Gasteiger partial charge in [-0.2, -0.15) is 0 Å². The van der Waals surface area contributed by atoms with E-state index in [1.165, 1.54) is 11.3 Å². The number of amides is 1. The van der Waals surface area contributed by atoms with Crippen LogP contribution in [-0.4, -0.2) is 28.6 Å². The first kappa shape index (κ1) is 11.8. The number of thiazole rings is 1. The van der Waals surface area contributed by atoms with Gasteiger partial charge in [-0.05, 0) is 25.1 Å². The fourth-order valence-electron chi connectivity index (χ4n) is 1.43. The van der Waals surface area contributed by atoms with Gasteiger partial charge in [0, 0.05) is 12.1 Å². The molecule has 2 aromatic rings. The molecule has 0 aliphatic heterocycles. The van der Waals surface area contributed by atoms with Crippen LogP contribution in [0.1, 0.15) is 17.3 Å². The number of carbonyl (C=O) groups is 1. The number of fused-ring (bicyclic) bond motifs is 1. The average molecular weight is 251 g/mol. The lowest BCUT2D eigenvalue weighted by atomic mass is 10.2. The third kappa shape index (κ3) is 2.72. The van der Waals surface area contributed by atoms with Crippen LogP contribution in [0.3, 0.4) is 0 Å². The van der Waals surface area contributed by atoms with Crippen LogP contribution in [0.5, 0.6) is 0 Å². The molecule has 1 unspecified atom stereocenters. The van der Waals surface area contributed by atoms with Crippen molar-refractivity contribution in [2.45, 2.75) is 13.0 Å². The maximum absolute atomic E-state index is 11.7. The van der Waals surface area contributed by atoms with Gasteiger partial charge in [-0.15, -0.1) is 0 Å². The smallest absolute Gasteiger partial charge is 0.251 e. The van der Waals surface area contributed by atoms with E-state index in [0.717, 1.165) is 10.2 Å². The number of aromatic nitrogens is 1. The minimum absolute atomic E-state index is 0.209. The molecule has 0 radical (unpaired) electrons. The molecule has 90 valence electrons. The Kier molecular flexibility index (Phi) is 3.26. The fourth-order valence-corrected chi connectivity index (χ4v) is 2.20. The number of nitrogens with two attached hydrogens (primary N) is 1. The number of hydrogen-bond acceptors (Lipinski definition) is 5. The maximum Gasteiger partial charge on any atom is 0.251 e. The molecule has 0 saturated heterocycles. The molecule has 6 heteroatoms. The van der Waals surface area contributed by atoms with Gasteiger partial charge >= 0.3 is 0 Å². The summed E-state index contributed by atoms with van der Waals surface area (Å²) in [5, 5.41) is 12.2. The zero-order valence-electron chi connectivity index (χ0n) is 9.30. The quantitative estimate of drug-likeness (QED) is 0.759. The Morgan fingerprint density at radius 2 is 2.41 bits per heavy atom. The highest BCUT2D eigenvalue weighted by molar-refractivity contribution is 7.22. The van der Waals surface area contributed by atoms with Crippen molar-refractivity contribution in [2.24, 2.45) is 0 Å². The van der Waals surface area contributed by atoms with Gasteiger partial charge in [0.15, 0.2) is 5.13 Å². The van der Waals surface area contributed by atoms with Crippen molar-refractivity contribution >= 4 is 32.6 Å². The van der Waals surface area contributed by atoms with Crippen LogP contribution in [0, 0.1) is 0 Å². The molecule has 4 N–H and O–H groups in total. The van der Waals surface area contributed by atoms with E-state index in [2.05, 4.69) is 10.3 Å². The lowest BCUT2D eigenvalue weighted by Gasteiger charge is -2.06. The number of aliphatic hydroxyl groups excluding tert-OH is 1. The van der Waals surface area contributed by atoms with E-state index in [1.54, 1.807) is 25.1 Å². The Morgan fingerprint density at radius 1 is 1.65 bits per heavy atom. The average Bonchev–Trinajstić information content (AvgIpc) is 2.64. The van der Waals surface area contributed by atoms with Crippen molar-refractivity contribution in [3.8, 4) is 0 Å². The van der Waals surface area contributed by atoms with Gasteiger partial charge in [0.2, 0.25) is 0 Å². The lowest BCUT2D eigenvalue weighted by molar-refractivity contribution is 0.0924. The highest BCUT2D eigenvalue weighted by atomic mass is 32.1. The van der Waals surface area contributed by atoms with Crippen LogP contribution in [0.2, 0.25) is 0 Å². The Bertz CT molecular complexity index is 551. The molecule has 1 amide bonds. The van der Waals surface area contributed by atoms with Gasteiger partial charge in [-0.25, -0.2) is 4.98 Å². The largest absolute Gasteiger partial charge is 0.392 e. The second-order valence-electron chi connectivity index (χ2n) is 3.79. The molecule has 0 spiro atoms. The molecule has 0 aliphatic rings. The molecular weight excluding hydrogens is 238 g/mol. The van der Waals surface area contributed by atoms with E-state index >= 15 is 0 Å². The Balaban J connectivity index is 2.20. The molecule has 0 fully saturated rings. The summed E-state index contributed by atoms with van der Waals surface area (Å²) in [6, 6.07) is 5.21. The van der Waals surface area contributed by atoms with E-state index in [0.29, 0.717) is 10.7 Å². The van der Waals surface area contributed by atoms with Gasteiger partial charge in [0.05, 0.1) is 16.3 Å². The number of nitrogen functional groups attached to an aromatic ring is 1. The molecule has 0 bridgehead atoms. The monoisotopic (exact) mass is 251 g/mol. The van der Waals surface area contributed by atoms with Crippen LogP contribution in [0.4, 0.5) is 5.13 Å². The number of anilines is 1. The Hall–Kier alpha value is -1.66. The molecule has 1 atom stereocenters. The second-order valence-corrected chi connectivity index (χ2v) is 4.86. The van der Waals surface area contributed by atoms with E-state index in [4.69, 9.17) is 10.8 Å². The van der Waals surface area contributed by atoms with Crippen LogP contribution in [0.25, 0.3) is 10.2 Å². The molecule has 1 aromatic carbocycles. The van der Waals surface area contributed by atoms with E-state index < -0.39 is 6.10 Å². The number of rotatable bonds is 3. The highest BCUT2D eigenvalue weighted by Gasteiger charge is 2.09. The standard InChI is InChI=1S/C11H13N3O2S/c1-6(15)5-13-10(16)7-2-3-8-9(4-7)17-11(12)14-8/h2-4,6,15H,5H2,1H3,(H2,12,14)(H,13,16). The second kappa shape index (κ2) is 4.68.